The maximum Gasteiger partial charge on any atom is 0.265 e. The van der Waals surface area contributed by atoms with Gasteiger partial charge in [0.15, 0.2) is 0 Å². The Balaban J connectivity index is 1.27. The summed E-state index contributed by atoms with van der Waals surface area (Å²) in [4.78, 5) is 14.1. The van der Waals surface area contributed by atoms with Crippen molar-refractivity contribution in [2.75, 3.05) is 10.8 Å². The summed E-state index contributed by atoms with van der Waals surface area (Å²) in [6.45, 7) is -0.325. The molecule has 0 saturated heterocycles. The van der Waals surface area contributed by atoms with E-state index in [1.807, 2.05) is 66.7 Å². The molecule has 5 aromatic rings. The van der Waals surface area contributed by atoms with E-state index < -0.39 is 10.0 Å². The molecule has 1 amide bonds. The van der Waals surface area contributed by atoms with Crippen molar-refractivity contribution in [1.82, 2.24) is 5.01 Å². The van der Waals surface area contributed by atoms with Crippen LogP contribution in [0.15, 0.2) is 119 Å². The van der Waals surface area contributed by atoms with E-state index in [2.05, 4.69) is 24.3 Å². The number of nitrogens with zero attached hydrogens (tertiary/aromatic N) is 3. The van der Waals surface area contributed by atoms with Crippen molar-refractivity contribution >= 4 is 48.9 Å². The SMILES string of the molecule is O=C(CN1c2cccc3cccc(c23)S1(=O)=O)N1N=C(c2ccc3ccccc3c2)CC1c1ccccc1. The molecule has 0 N–H and O–H groups in total. The van der Waals surface area contributed by atoms with Crippen LogP contribution in [0.1, 0.15) is 23.6 Å². The second-order valence-electron chi connectivity index (χ2n) is 9.62. The summed E-state index contributed by atoms with van der Waals surface area (Å²) in [5.41, 5.74) is 3.23. The Morgan fingerprint density at radius 1 is 0.789 bits per heavy atom. The topological polar surface area (TPSA) is 70.1 Å². The summed E-state index contributed by atoms with van der Waals surface area (Å²) in [7, 11) is -3.86. The van der Waals surface area contributed by atoms with E-state index in [9.17, 15) is 13.2 Å². The van der Waals surface area contributed by atoms with E-state index in [-0.39, 0.29) is 23.4 Å². The normalized spacial score (nSPS) is 17.8. The fourth-order valence-corrected chi connectivity index (χ4v) is 7.20. The third-order valence-electron chi connectivity index (χ3n) is 7.39. The fraction of sp³-hybridized carbons (Fsp3) is 0.0968. The largest absolute Gasteiger partial charge is 0.271 e. The van der Waals surface area contributed by atoms with Gasteiger partial charge in [0.2, 0.25) is 0 Å². The molecule has 2 heterocycles. The van der Waals surface area contributed by atoms with Crippen molar-refractivity contribution in [3.8, 4) is 0 Å². The highest BCUT2D eigenvalue weighted by Gasteiger charge is 2.40. The van der Waals surface area contributed by atoms with Gasteiger partial charge in [0.05, 0.1) is 22.3 Å². The maximum absolute atomic E-state index is 13.8. The van der Waals surface area contributed by atoms with E-state index in [1.165, 1.54) is 9.31 Å². The second kappa shape index (κ2) is 8.53. The second-order valence-corrected chi connectivity index (χ2v) is 11.5. The monoisotopic (exact) mass is 517 g/mol. The first-order chi connectivity index (χ1) is 18.5. The highest BCUT2D eigenvalue weighted by molar-refractivity contribution is 7.93. The molecule has 0 fully saturated rings. The van der Waals surface area contributed by atoms with Gasteiger partial charge in [-0.1, -0.05) is 91.0 Å². The van der Waals surface area contributed by atoms with E-state index >= 15 is 0 Å². The van der Waals surface area contributed by atoms with Crippen molar-refractivity contribution < 1.29 is 13.2 Å². The first-order valence-electron chi connectivity index (χ1n) is 12.5. The van der Waals surface area contributed by atoms with Gasteiger partial charge in [-0.25, -0.2) is 13.4 Å². The van der Waals surface area contributed by atoms with Crippen LogP contribution in [0.25, 0.3) is 21.5 Å². The molecule has 5 aromatic carbocycles. The average Bonchev–Trinajstić information content (AvgIpc) is 3.49. The molecule has 1 unspecified atom stereocenters. The number of fused-ring (bicyclic) bond motifs is 1. The predicted molar refractivity (Wildman–Crippen MR) is 150 cm³/mol. The fourth-order valence-electron chi connectivity index (χ4n) is 5.54. The van der Waals surface area contributed by atoms with Crippen molar-refractivity contribution in [2.45, 2.75) is 17.4 Å². The third-order valence-corrected chi connectivity index (χ3v) is 9.20. The minimum Gasteiger partial charge on any atom is -0.271 e. The molecule has 0 aliphatic carbocycles. The van der Waals surface area contributed by atoms with E-state index in [0.29, 0.717) is 17.5 Å². The zero-order valence-electron chi connectivity index (χ0n) is 20.4. The van der Waals surface area contributed by atoms with Crippen LogP contribution < -0.4 is 4.31 Å². The molecule has 2 aliphatic heterocycles. The van der Waals surface area contributed by atoms with Gasteiger partial charge in [-0.2, -0.15) is 5.10 Å². The standard InChI is InChI=1S/C31H23N3O3S/c35-30(20-33-27-14-6-12-23-13-7-15-29(31(23)27)38(33,36)37)34-28(22-9-2-1-3-10-22)19-26(32-34)25-17-16-21-8-4-5-11-24(21)18-25/h1-18,28H,19-20H2. The van der Waals surface area contributed by atoms with Crippen LogP contribution in [0.4, 0.5) is 5.69 Å². The lowest BCUT2D eigenvalue weighted by molar-refractivity contribution is -0.131. The Morgan fingerprint density at radius 2 is 1.50 bits per heavy atom. The molecule has 186 valence electrons. The molecule has 0 bridgehead atoms. The first kappa shape index (κ1) is 22.7. The Hall–Kier alpha value is -4.49. The molecule has 6 nitrogen and oxygen atoms in total. The van der Waals surface area contributed by atoms with E-state index in [0.717, 1.165) is 33.0 Å². The Labute approximate surface area is 220 Å². The molecule has 38 heavy (non-hydrogen) atoms. The van der Waals surface area contributed by atoms with Gasteiger partial charge in [0.1, 0.15) is 6.54 Å². The molecular formula is C31H23N3O3S. The van der Waals surface area contributed by atoms with Gasteiger partial charge in [-0.05, 0) is 45.5 Å². The van der Waals surface area contributed by atoms with E-state index in [1.54, 1.807) is 18.2 Å². The van der Waals surface area contributed by atoms with Crippen molar-refractivity contribution in [2.24, 2.45) is 5.10 Å². The number of benzene rings is 5. The minimum absolute atomic E-state index is 0.236. The summed E-state index contributed by atoms with van der Waals surface area (Å²) in [5.74, 6) is -0.372. The maximum atomic E-state index is 13.8. The lowest BCUT2D eigenvalue weighted by Gasteiger charge is -2.25. The molecule has 0 aromatic heterocycles. The number of amides is 1. The van der Waals surface area contributed by atoms with Gasteiger partial charge in [0, 0.05) is 11.8 Å². The summed E-state index contributed by atoms with van der Waals surface area (Å²) >= 11 is 0. The molecule has 0 spiro atoms. The molecule has 2 aliphatic rings. The van der Waals surface area contributed by atoms with Gasteiger partial charge >= 0.3 is 0 Å². The van der Waals surface area contributed by atoms with Crippen LogP contribution >= 0.6 is 0 Å². The number of hydrogen-bond donors (Lipinski definition) is 0. The number of carbonyl (C=O) groups excluding carboxylic acids is 1. The number of hydrazone groups is 1. The predicted octanol–water partition coefficient (Wildman–Crippen LogP) is 5.88. The highest BCUT2D eigenvalue weighted by Crippen LogP contribution is 2.42. The summed E-state index contributed by atoms with van der Waals surface area (Å²) in [6, 6.07) is 34.4. The zero-order valence-corrected chi connectivity index (χ0v) is 21.2. The van der Waals surface area contributed by atoms with E-state index in [4.69, 9.17) is 5.10 Å². The summed E-state index contributed by atoms with van der Waals surface area (Å²) in [6.07, 6.45) is 0.538. The van der Waals surface area contributed by atoms with Crippen LogP contribution in [-0.2, 0) is 14.8 Å². The summed E-state index contributed by atoms with van der Waals surface area (Å²) < 4.78 is 28.2. The summed E-state index contributed by atoms with van der Waals surface area (Å²) in [5, 5.41) is 9.98. The number of hydrogen-bond acceptors (Lipinski definition) is 4. The Kier molecular flexibility index (Phi) is 5.09. The molecule has 7 heteroatoms. The quantitative estimate of drug-likeness (QED) is 0.299. The third kappa shape index (κ3) is 3.50. The lowest BCUT2D eigenvalue weighted by atomic mass is 9.97. The van der Waals surface area contributed by atoms with Gasteiger partial charge < -0.3 is 0 Å². The molecule has 7 rings (SSSR count). The Morgan fingerprint density at radius 3 is 2.32 bits per heavy atom. The minimum atomic E-state index is -3.86. The zero-order chi connectivity index (χ0) is 25.9. The number of carbonyl (C=O) groups is 1. The number of anilines is 1. The Bertz CT molecular complexity index is 1880. The van der Waals surface area contributed by atoms with Crippen LogP contribution in [0.3, 0.4) is 0 Å². The van der Waals surface area contributed by atoms with Crippen molar-refractivity contribution in [1.29, 1.82) is 0 Å². The van der Waals surface area contributed by atoms with Crippen molar-refractivity contribution in [3.05, 3.63) is 120 Å². The molecule has 0 saturated carbocycles. The number of sulfonamides is 1. The number of rotatable bonds is 4. The van der Waals surface area contributed by atoms with Gasteiger partial charge in [-0.15, -0.1) is 0 Å². The first-order valence-corrected chi connectivity index (χ1v) is 13.9. The van der Waals surface area contributed by atoms with Gasteiger partial charge in [-0.3, -0.25) is 9.10 Å². The van der Waals surface area contributed by atoms with Crippen LogP contribution in [0, 0.1) is 0 Å². The molecular weight excluding hydrogens is 494 g/mol. The van der Waals surface area contributed by atoms with Crippen molar-refractivity contribution in [3.63, 3.8) is 0 Å². The van der Waals surface area contributed by atoms with Crippen LogP contribution in [-0.4, -0.2) is 31.6 Å². The van der Waals surface area contributed by atoms with Gasteiger partial charge in [0.25, 0.3) is 15.9 Å². The van der Waals surface area contributed by atoms with Crippen LogP contribution in [0.5, 0.6) is 0 Å². The average molecular weight is 518 g/mol. The molecule has 1 atom stereocenters. The highest BCUT2D eigenvalue weighted by atomic mass is 32.2. The molecule has 0 radical (unpaired) electrons. The lowest BCUT2D eigenvalue weighted by Crippen LogP contribution is -2.39. The smallest absolute Gasteiger partial charge is 0.265 e. The van der Waals surface area contributed by atoms with Crippen LogP contribution in [0.2, 0.25) is 0 Å².